The molecule has 1 aromatic rings. The zero-order valence-electron chi connectivity index (χ0n) is 7.64. The summed E-state index contributed by atoms with van der Waals surface area (Å²) in [6.07, 6.45) is -0.339. The third-order valence-corrected chi connectivity index (χ3v) is 2.23. The van der Waals surface area contributed by atoms with Crippen molar-refractivity contribution in [2.75, 3.05) is 0 Å². The van der Waals surface area contributed by atoms with Crippen LogP contribution in [0.25, 0.3) is 0 Å². The SMILES string of the molecule is NC(CC(=O)O)c1ccc(Cl)c(O)c1O. The molecular weight excluding hydrogens is 222 g/mol. The van der Waals surface area contributed by atoms with E-state index in [1.807, 2.05) is 0 Å². The molecule has 0 heterocycles. The normalized spacial score (nSPS) is 12.4. The van der Waals surface area contributed by atoms with E-state index in [0.29, 0.717) is 0 Å². The van der Waals surface area contributed by atoms with Gasteiger partial charge in [-0.05, 0) is 6.07 Å². The molecule has 6 heteroatoms. The molecule has 0 radical (unpaired) electrons. The second kappa shape index (κ2) is 4.37. The second-order valence-corrected chi connectivity index (χ2v) is 3.45. The maximum absolute atomic E-state index is 10.4. The van der Waals surface area contributed by atoms with Gasteiger partial charge >= 0.3 is 5.97 Å². The highest BCUT2D eigenvalue weighted by Crippen LogP contribution is 2.38. The first-order chi connectivity index (χ1) is 6.93. The largest absolute Gasteiger partial charge is 0.504 e. The maximum Gasteiger partial charge on any atom is 0.305 e. The third kappa shape index (κ3) is 2.51. The minimum atomic E-state index is -1.09. The Bertz CT molecular complexity index is 394. The Kier molecular flexibility index (Phi) is 3.39. The van der Waals surface area contributed by atoms with Gasteiger partial charge in [0.15, 0.2) is 11.5 Å². The molecule has 0 fully saturated rings. The summed E-state index contributed by atoms with van der Waals surface area (Å²) < 4.78 is 0. The quantitative estimate of drug-likeness (QED) is 0.586. The first kappa shape index (κ1) is 11.6. The molecule has 0 amide bonds. The molecule has 0 aliphatic carbocycles. The average molecular weight is 232 g/mol. The summed E-state index contributed by atoms with van der Waals surface area (Å²) in [4.78, 5) is 10.4. The Labute approximate surface area is 90.7 Å². The number of carboxylic acids is 1. The predicted octanol–water partition coefficient (Wildman–Crippen LogP) is 1.23. The molecule has 1 aromatic carbocycles. The third-order valence-electron chi connectivity index (χ3n) is 1.93. The summed E-state index contributed by atoms with van der Waals surface area (Å²) in [5.41, 5.74) is 5.67. The van der Waals surface area contributed by atoms with Gasteiger partial charge in [0.1, 0.15) is 0 Å². The van der Waals surface area contributed by atoms with Crippen molar-refractivity contribution in [1.82, 2.24) is 0 Å². The van der Waals surface area contributed by atoms with Gasteiger partial charge in [0, 0.05) is 11.6 Å². The monoisotopic (exact) mass is 231 g/mol. The van der Waals surface area contributed by atoms with E-state index in [0.717, 1.165) is 0 Å². The van der Waals surface area contributed by atoms with Gasteiger partial charge in [-0.15, -0.1) is 0 Å². The molecule has 0 aliphatic rings. The fourth-order valence-electron chi connectivity index (χ4n) is 1.17. The zero-order chi connectivity index (χ0) is 11.6. The summed E-state index contributed by atoms with van der Waals surface area (Å²) in [7, 11) is 0. The highest BCUT2D eigenvalue weighted by Gasteiger charge is 2.18. The Hall–Kier alpha value is -1.46. The van der Waals surface area contributed by atoms with Crippen LogP contribution in [0.1, 0.15) is 18.0 Å². The lowest BCUT2D eigenvalue weighted by atomic mass is 10.0. The number of phenols is 2. The van der Waals surface area contributed by atoms with Gasteiger partial charge in [-0.1, -0.05) is 17.7 Å². The number of hydrogen-bond donors (Lipinski definition) is 4. The van der Waals surface area contributed by atoms with Gasteiger partial charge in [0.2, 0.25) is 0 Å². The van der Waals surface area contributed by atoms with Crippen molar-refractivity contribution in [3.8, 4) is 11.5 Å². The van der Waals surface area contributed by atoms with Crippen LogP contribution < -0.4 is 5.73 Å². The van der Waals surface area contributed by atoms with E-state index in [4.69, 9.17) is 22.4 Å². The van der Waals surface area contributed by atoms with Crippen molar-refractivity contribution < 1.29 is 20.1 Å². The number of carbonyl (C=O) groups is 1. The minimum absolute atomic E-state index is 0.0150. The van der Waals surface area contributed by atoms with Gasteiger partial charge in [-0.3, -0.25) is 4.79 Å². The van der Waals surface area contributed by atoms with Gasteiger partial charge in [-0.2, -0.15) is 0 Å². The average Bonchev–Trinajstić information content (AvgIpc) is 2.13. The van der Waals surface area contributed by atoms with Crippen LogP contribution in [0.3, 0.4) is 0 Å². The van der Waals surface area contributed by atoms with E-state index in [1.54, 1.807) is 0 Å². The lowest BCUT2D eigenvalue weighted by Gasteiger charge is -2.12. The number of carboxylic acid groups (broad SMARTS) is 1. The lowest BCUT2D eigenvalue weighted by Crippen LogP contribution is -2.15. The van der Waals surface area contributed by atoms with E-state index >= 15 is 0 Å². The Morgan fingerprint density at radius 2 is 2.00 bits per heavy atom. The zero-order valence-corrected chi connectivity index (χ0v) is 8.40. The van der Waals surface area contributed by atoms with Gasteiger partial charge < -0.3 is 21.1 Å². The van der Waals surface area contributed by atoms with Crippen LogP contribution in [0.2, 0.25) is 5.02 Å². The molecule has 0 bridgehead atoms. The molecule has 0 saturated carbocycles. The van der Waals surface area contributed by atoms with Crippen LogP contribution in [-0.2, 0) is 4.79 Å². The summed E-state index contributed by atoms with van der Waals surface area (Å²) in [5, 5.41) is 27.2. The fourth-order valence-corrected chi connectivity index (χ4v) is 1.32. The van der Waals surface area contributed by atoms with Crippen molar-refractivity contribution >= 4 is 17.6 Å². The molecular formula is C9H10ClNO4. The van der Waals surface area contributed by atoms with Crippen LogP contribution >= 0.6 is 11.6 Å². The Morgan fingerprint density at radius 1 is 1.40 bits per heavy atom. The number of phenolic OH excluding ortho intramolecular Hbond substituents is 2. The number of halogens is 1. The summed E-state index contributed by atoms with van der Waals surface area (Å²) in [6.45, 7) is 0. The predicted molar refractivity (Wildman–Crippen MR) is 54.0 cm³/mol. The standard InChI is InChI=1S/C9H10ClNO4/c10-5-2-1-4(8(14)9(5)15)6(11)3-7(12)13/h1-2,6,14-15H,3,11H2,(H,12,13). The van der Waals surface area contributed by atoms with Crippen molar-refractivity contribution in [2.45, 2.75) is 12.5 Å². The molecule has 5 nitrogen and oxygen atoms in total. The second-order valence-electron chi connectivity index (χ2n) is 3.04. The van der Waals surface area contributed by atoms with Gasteiger partial charge in [0.05, 0.1) is 11.4 Å². The summed E-state index contributed by atoms with van der Waals surface area (Å²) in [5.74, 6) is -2.05. The van der Waals surface area contributed by atoms with E-state index < -0.39 is 23.5 Å². The van der Waals surface area contributed by atoms with E-state index in [-0.39, 0.29) is 17.0 Å². The number of rotatable bonds is 3. The van der Waals surface area contributed by atoms with Crippen molar-refractivity contribution in [3.05, 3.63) is 22.7 Å². The molecule has 0 saturated heterocycles. The molecule has 1 rings (SSSR count). The molecule has 1 unspecified atom stereocenters. The van der Waals surface area contributed by atoms with Crippen molar-refractivity contribution in [2.24, 2.45) is 5.73 Å². The van der Waals surface area contributed by atoms with Crippen molar-refractivity contribution in [3.63, 3.8) is 0 Å². The highest BCUT2D eigenvalue weighted by atomic mass is 35.5. The molecule has 15 heavy (non-hydrogen) atoms. The first-order valence-corrected chi connectivity index (χ1v) is 4.49. The van der Waals surface area contributed by atoms with Crippen LogP contribution in [0.4, 0.5) is 0 Å². The van der Waals surface area contributed by atoms with Crippen molar-refractivity contribution in [1.29, 1.82) is 0 Å². The van der Waals surface area contributed by atoms with Gasteiger partial charge in [0.25, 0.3) is 0 Å². The Morgan fingerprint density at radius 3 is 2.53 bits per heavy atom. The topological polar surface area (TPSA) is 104 Å². The number of aliphatic carboxylic acids is 1. The van der Waals surface area contributed by atoms with Gasteiger partial charge in [-0.25, -0.2) is 0 Å². The molecule has 0 aliphatic heterocycles. The lowest BCUT2D eigenvalue weighted by molar-refractivity contribution is -0.137. The van der Waals surface area contributed by atoms with Crippen LogP contribution in [0.5, 0.6) is 11.5 Å². The summed E-state index contributed by atoms with van der Waals surface area (Å²) >= 11 is 5.53. The molecule has 1 atom stereocenters. The smallest absolute Gasteiger partial charge is 0.305 e. The first-order valence-electron chi connectivity index (χ1n) is 4.11. The minimum Gasteiger partial charge on any atom is -0.504 e. The molecule has 82 valence electrons. The Balaban J connectivity index is 3.05. The fraction of sp³-hybridized carbons (Fsp3) is 0.222. The number of nitrogens with two attached hydrogens (primary N) is 1. The molecule has 0 aromatic heterocycles. The number of aromatic hydroxyl groups is 2. The van der Waals surface area contributed by atoms with Crippen LogP contribution in [-0.4, -0.2) is 21.3 Å². The van der Waals surface area contributed by atoms with Crippen LogP contribution in [0.15, 0.2) is 12.1 Å². The maximum atomic E-state index is 10.4. The van der Waals surface area contributed by atoms with E-state index in [2.05, 4.69) is 0 Å². The molecule has 0 spiro atoms. The summed E-state index contributed by atoms with van der Waals surface area (Å²) in [6, 6.07) is 1.84. The van der Waals surface area contributed by atoms with E-state index in [1.165, 1.54) is 12.1 Å². The number of hydrogen-bond acceptors (Lipinski definition) is 4. The number of benzene rings is 1. The molecule has 5 N–H and O–H groups in total. The van der Waals surface area contributed by atoms with Crippen LogP contribution in [0, 0.1) is 0 Å². The highest BCUT2D eigenvalue weighted by molar-refractivity contribution is 6.32. The van der Waals surface area contributed by atoms with E-state index in [9.17, 15) is 15.0 Å².